The van der Waals surface area contributed by atoms with Crippen LogP contribution < -0.4 is 14.8 Å². The Bertz CT molecular complexity index is 1640. The average Bonchev–Trinajstić information content (AvgIpc) is 3.58. The SMILES string of the molecule is CCCCOc1ccc2ccccc2c1C(C1C(=O)N(c2ccccc2)N=C1CC)C1C(=O)N(c2ccccc2)N=C1CC. The Hall–Kier alpha value is -4.78. The highest BCUT2D eigenvalue weighted by Gasteiger charge is 2.52. The van der Waals surface area contributed by atoms with Crippen molar-refractivity contribution in [2.45, 2.75) is 52.4 Å². The van der Waals surface area contributed by atoms with E-state index in [1.165, 1.54) is 10.0 Å². The molecule has 2 unspecified atom stereocenters. The number of nitrogens with zero attached hydrogens (tertiary/aromatic N) is 4. The van der Waals surface area contributed by atoms with Gasteiger partial charge in [-0.15, -0.1) is 0 Å². The number of hydrogen-bond donors (Lipinski definition) is 0. The van der Waals surface area contributed by atoms with Gasteiger partial charge in [0.1, 0.15) is 5.75 Å². The van der Waals surface area contributed by atoms with Gasteiger partial charge in [-0.2, -0.15) is 10.2 Å². The van der Waals surface area contributed by atoms with Gasteiger partial charge in [-0.1, -0.05) is 93.9 Å². The van der Waals surface area contributed by atoms with Gasteiger partial charge in [-0.3, -0.25) is 9.59 Å². The molecule has 7 heteroatoms. The van der Waals surface area contributed by atoms with Crippen LogP contribution in [0.15, 0.2) is 107 Å². The van der Waals surface area contributed by atoms with E-state index in [0.29, 0.717) is 36.6 Å². The van der Waals surface area contributed by atoms with Crippen LogP contribution in [-0.2, 0) is 9.59 Å². The quantitative estimate of drug-likeness (QED) is 0.167. The Morgan fingerprint density at radius 2 is 1.20 bits per heavy atom. The molecule has 44 heavy (non-hydrogen) atoms. The number of rotatable bonds is 11. The number of unbranched alkanes of at least 4 members (excludes halogenated alkanes) is 1. The van der Waals surface area contributed by atoms with E-state index < -0.39 is 17.8 Å². The molecule has 4 aromatic carbocycles. The number of ether oxygens (including phenoxy) is 1. The highest BCUT2D eigenvalue weighted by atomic mass is 16.5. The number of benzene rings is 4. The van der Waals surface area contributed by atoms with Crippen LogP contribution in [0.1, 0.15) is 57.9 Å². The van der Waals surface area contributed by atoms with Crippen LogP contribution in [0.2, 0.25) is 0 Å². The highest BCUT2D eigenvalue weighted by Crippen LogP contribution is 2.48. The molecule has 0 saturated carbocycles. The molecular formula is C37H38N4O3. The second-order valence-corrected chi connectivity index (χ2v) is 11.2. The molecule has 7 nitrogen and oxygen atoms in total. The molecule has 0 N–H and O–H groups in total. The fourth-order valence-corrected chi connectivity index (χ4v) is 6.44. The van der Waals surface area contributed by atoms with E-state index in [1.54, 1.807) is 0 Å². The number of para-hydroxylation sites is 2. The zero-order valence-corrected chi connectivity index (χ0v) is 25.5. The van der Waals surface area contributed by atoms with Crippen LogP contribution in [0.4, 0.5) is 11.4 Å². The van der Waals surface area contributed by atoms with Gasteiger partial charge in [-0.25, -0.2) is 10.0 Å². The third-order valence-electron chi connectivity index (χ3n) is 8.59. The standard InChI is InChI=1S/C37H38N4O3/c1-4-7-24-44-31-23-22-25-16-14-15-21-28(25)32(31)35(33-29(5-2)38-40(36(33)42)26-17-10-8-11-18-26)34-30(6-3)39-41(37(34)43)27-19-12-9-13-20-27/h8-23,33-35H,4-7,24H2,1-3H3. The van der Waals surface area contributed by atoms with Crippen molar-refractivity contribution in [3.05, 3.63) is 103 Å². The fourth-order valence-electron chi connectivity index (χ4n) is 6.44. The van der Waals surface area contributed by atoms with E-state index >= 15 is 0 Å². The van der Waals surface area contributed by atoms with Crippen LogP contribution in [-0.4, -0.2) is 29.8 Å². The van der Waals surface area contributed by atoms with Crippen molar-refractivity contribution in [1.29, 1.82) is 0 Å². The lowest BCUT2D eigenvalue weighted by molar-refractivity contribution is -0.122. The Morgan fingerprint density at radius 3 is 1.73 bits per heavy atom. The molecule has 0 aliphatic carbocycles. The summed E-state index contributed by atoms with van der Waals surface area (Å²) >= 11 is 0. The monoisotopic (exact) mass is 586 g/mol. The zero-order chi connectivity index (χ0) is 30.6. The topological polar surface area (TPSA) is 74.6 Å². The van der Waals surface area contributed by atoms with E-state index in [4.69, 9.17) is 14.9 Å². The van der Waals surface area contributed by atoms with E-state index in [1.807, 2.05) is 92.7 Å². The first kappa shape index (κ1) is 29.3. The lowest BCUT2D eigenvalue weighted by Gasteiger charge is -2.31. The zero-order valence-electron chi connectivity index (χ0n) is 25.5. The Balaban J connectivity index is 1.57. The Labute approximate surface area is 258 Å². The molecule has 2 aliphatic heterocycles. The molecule has 0 spiro atoms. The maximum Gasteiger partial charge on any atom is 0.256 e. The summed E-state index contributed by atoms with van der Waals surface area (Å²) in [6.45, 7) is 6.72. The maximum absolute atomic E-state index is 14.6. The molecule has 0 radical (unpaired) electrons. The third kappa shape index (κ3) is 5.27. The normalized spacial score (nSPS) is 19.0. The second-order valence-electron chi connectivity index (χ2n) is 11.2. The van der Waals surface area contributed by atoms with Gasteiger partial charge < -0.3 is 4.74 Å². The molecule has 224 valence electrons. The largest absolute Gasteiger partial charge is 0.493 e. The number of carbonyl (C=O) groups excluding carboxylic acids is 2. The number of carbonyl (C=O) groups is 2. The highest BCUT2D eigenvalue weighted by molar-refractivity contribution is 6.21. The van der Waals surface area contributed by atoms with Crippen LogP contribution in [0, 0.1) is 11.8 Å². The molecule has 2 heterocycles. The van der Waals surface area contributed by atoms with Gasteiger partial charge in [0.05, 0.1) is 41.2 Å². The first-order valence-corrected chi connectivity index (χ1v) is 15.6. The smallest absolute Gasteiger partial charge is 0.256 e. The summed E-state index contributed by atoms with van der Waals surface area (Å²) in [5.74, 6) is -1.54. The van der Waals surface area contributed by atoms with Crippen molar-refractivity contribution in [1.82, 2.24) is 0 Å². The maximum atomic E-state index is 14.6. The molecule has 2 atom stereocenters. The van der Waals surface area contributed by atoms with E-state index in [-0.39, 0.29) is 11.8 Å². The number of amides is 2. The fraction of sp³-hybridized carbons (Fsp3) is 0.297. The van der Waals surface area contributed by atoms with Gasteiger partial charge in [0.25, 0.3) is 11.8 Å². The molecule has 2 amide bonds. The van der Waals surface area contributed by atoms with Crippen molar-refractivity contribution in [2.24, 2.45) is 22.0 Å². The first-order valence-electron chi connectivity index (χ1n) is 15.6. The number of hydrazone groups is 2. The molecular weight excluding hydrogens is 548 g/mol. The number of hydrogen-bond acceptors (Lipinski definition) is 5. The summed E-state index contributed by atoms with van der Waals surface area (Å²) in [7, 11) is 0. The van der Waals surface area contributed by atoms with Crippen molar-refractivity contribution in [3.8, 4) is 5.75 Å². The van der Waals surface area contributed by atoms with E-state index in [2.05, 4.69) is 25.1 Å². The molecule has 0 aromatic heterocycles. The van der Waals surface area contributed by atoms with Gasteiger partial charge in [0, 0.05) is 11.5 Å². The molecule has 6 rings (SSSR count). The summed E-state index contributed by atoms with van der Waals surface area (Å²) < 4.78 is 6.49. The minimum Gasteiger partial charge on any atom is -0.493 e. The molecule has 0 fully saturated rings. The summed E-state index contributed by atoms with van der Waals surface area (Å²) in [6.07, 6.45) is 3.02. The molecule has 0 bridgehead atoms. The van der Waals surface area contributed by atoms with Crippen molar-refractivity contribution in [3.63, 3.8) is 0 Å². The lowest BCUT2D eigenvalue weighted by atomic mass is 9.70. The predicted molar refractivity (Wildman–Crippen MR) is 177 cm³/mol. The minimum atomic E-state index is -0.680. The predicted octanol–water partition coefficient (Wildman–Crippen LogP) is 7.96. The minimum absolute atomic E-state index is 0.146. The first-order chi connectivity index (χ1) is 21.6. The van der Waals surface area contributed by atoms with Crippen LogP contribution >= 0.6 is 0 Å². The summed E-state index contributed by atoms with van der Waals surface area (Å²) in [5, 5.41) is 14.8. The van der Waals surface area contributed by atoms with Gasteiger partial charge in [0.2, 0.25) is 0 Å². The third-order valence-corrected chi connectivity index (χ3v) is 8.59. The summed E-state index contributed by atoms with van der Waals surface area (Å²) in [6, 6.07) is 31.2. The van der Waals surface area contributed by atoms with E-state index in [0.717, 1.165) is 40.6 Å². The van der Waals surface area contributed by atoms with Crippen LogP contribution in [0.3, 0.4) is 0 Å². The Kier molecular flexibility index (Phi) is 8.55. The second kappa shape index (κ2) is 12.8. The van der Waals surface area contributed by atoms with Gasteiger partial charge >= 0.3 is 0 Å². The van der Waals surface area contributed by atoms with Crippen molar-refractivity contribution >= 4 is 45.4 Å². The van der Waals surface area contributed by atoms with Crippen LogP contribution in [0.25, 0.3) is 10.8 Å². The summed E-state index contributed by atoms with van der Waals surface area (Å²) in [4.78, 5) is 29.2. The lowest BCUT2D eigenvalue weighted by Crippen LogP contribution is -2.41. The average molecular weight is 587 g/mol. The molecule has 0 saturated heterocycles. The van der Waals surface area contributed by atoms with Gasteiger partial charge in [0.15, 0.2) is 0 Å². The van der Waals surface area contributed by atoms with Crippen LogP contribution in [0.5, 0.6) is 5.75 Å². The Morgan fingerprint density at radius 1 is 0.682 bits per heavy atom. The van der Waals surface area contributed by atoms with Gasteiger partial charge in [-0.05, 0) is 60.4 Å². The summed E-state index contributed by atoms with van der Waals surface area (Å²) in [5.41, 5.74) is 3.77. The van der Waals surface area contributed by atoms with Crippen molar-refractivity contribution in [2.75, 3.05) is 16.6 Å². The van der Waals surface area contributed by atoms with Crippen molar-refractivity contribution < 1.29 is 14.3 Å². The molecule has 4 aromatic rings. The number of fused-ring (bicyclic) bond motifs is 1. The van der Waals surface area contributed by atoms with E-state index in [9.17, 15) is 9.59 Å². The number of anilines is 2. The molecule has 2 aliphatic rings.